The van der Waals surface area contributed by atoms with Gasteiger partial charge in [-0.3, -0.25) is 4.99 Å². The van der Waals surface area contributed by atoms with E-state index in [2.05, 4.69) is 15.6 Å². The summed E-state index contributed by atoms with van der Waals surface area (Å²) in [6.07, 6.45) is 0.696. The van der Waals surface area contributed by atoms with Crippen molar-refractivity contribution in [3.63, 3.8) is 0 Å². The second kappa shape index (κ2) is 8.91. The van der Waals surface area contributed by atoms with Crippen molar-refractivity contribution >= 4 is 21.7 Å². The Bertz CT molecular complexity index is 706. The molecule has 1 saturated heterocycles. The molecule has 0 unspecified atom stereocenters. The number of rotatable bonds is 7. The number of benzene rings is 1. The lowest BCUT2D eigenvalue weighted by Gasteiger charge is -2.17. The van der Waals surface area contributed by atoms with Gasteiger partial charge in [0.15, 0.2) is 17.5 Å². The van der Waals surface area contributed by atoms with Crippen LogP contribution in [-0.2, 0) is 10.0 Å². The molecule has 0 aromatic heterocycles. The minimum atomic E-state index is -3.07. The first kappa shape index (κ1) is 19.3. The molecule has 8 nitrogen and oxygen atoms in total. The molecule has 0 amide bonds. The monoisotopic (exact) mass is 370 g/mol. The summed E-state index contributed by atoms with van der Waals surface area (Å²) in [7, 11) is 0.189. The van der Waals surface area contributed by atoms with Crippen molar-refractivity contribution < 1.29 is 17.9 Å². The van der Waals surface area contributed by atoms with E-state index in [1.54, 1.807) is 14.2 Å². The van der Waals surface area contributed by atoms with Gasteiger partial charge in [0.1, 0.15) is 0 Å². The zero-order chi connectivity index (χ0) is 18.3. The fourth-order valence-electron chi connectivity index (χ4n) is 2.58. The van der Waals surface area contributed by atoms with Crippen molar-refractivity contribution in [2.24, 2.45) is 4.99 Å². The van der Waals surface area contributed by atoms with E-state index in [1.807, 2.05) is 25.1 Å². The lowest BCUT2D eigenvalue weighted by atomic mass is 10.2. The fourth-order valence-corrected chi connectivity index (χ4v) is 4.11. The van der Waals surface area contributed by atoms with Gasteiger partial charge in [0, 0.05) is 38.4 Å². The van der Waals surface area contributed by atoms with Gasteiger partial charge in [-0.05, 0) is 25.5 Å². The first-order valence-corrected chi connectivity index (χ1v) is 9.87. The predicted octanol–water partition coefficient (Wildman–Crippen LogP) is 1.12. The molecule has 9 heteroatoms. The molecule has 25 heavy (non-hydrogen) atoms. The molecule has 0 aliphatic carbocycles. The predicted molar refractivity (Wildman–Crippen MR) is 99.1 cm³/mol. The van der Waals surface area contributed by atoms with Gasteiger partial charge in [-0.25, -0.2) is 12.7 Å². The van der Waals surface area contributed by atoms with Gasteiger partial charge < -0.3 is 20.1 Å². The minimum absolute atomic E-state index is 0.242. The molecule has 1 aliphatic rings. The van der Waals surface area contributed by atoms with E-state index in [-0.39, 0.29) is 5.75 Å². The Morgan fingerprint density at radius 1 is 1.36 bits per heavy atom. The third-order valence-corrected chi connectivity index (χ3v) is 5.76. The lowest BCUT2D eigenvalue weighted by Crippen LogP contribution is -2.38. The smallest absolute Gasteiger partial charge is 0.214 e. The third-order valence-electron chi connectivity index (χ3n) is 3.81. The molecule has 140 valence electrons. The number of ether oxygens (including phenoxy) is 2. The maximum atomic E-state index is 11.8. The average Bonchev–Trinajstić information content (AvgIpc) is 2.93. The Morgan fingerprint density at radius 2 is 2.16 bits per heavy atom. The molecular weight excluding hydrogens is 344 g/mol. The third kappa shape index (κ3) is 5.23. The molecule has 1 aromatic carbocycles. The molecule has 0 radical (unpaired) electrons. The summed E-state index contributed by atoms with van der Waals surface area (Å²) in [4.78, 5) is 4.16. The highest BCUT2D eigenvalue weighted by Crippen LogP contribution is 2.30. The van der Waals surface area contributed by atoms with Gasteiger partial charge in [-0.1, -0.05) is 0 Å². The van der Waals surface area contributed by atoms with Gasteiger partial charge in [0.25, 0.3) is 0 Å². The van der Waals surface area contributed by atoms with E-state index < -0.39 is 10.0 Å². The number of anilines is 1. The number of hydrogen-bond acceptors (Lipinski definition) is 5. The Labute approximate surface area is 149 Å². The zero-order valence-corrected chi connectivity index (χ0v) is 15.7. The van der Waals surface area contributed by atoms with Gasteiger partial charge in [0.05, 0.1) is 19.5 Å². The zero-order valence-electron chi connectivity index (χ0n) is 14.9. The van der Waals surface area contributed by atoms with E-state index >= 15 is 0 Å². The highest BCUT2D eigenvalue weighted by atomic mass is 32.2. The van der Waals surface area contributed by atoms with Crippen molar-refractivity contribution in [2.75, 3.05) is 51.5 Å². The highest BCUT2D eigenvalue weighted by molar-refractivity contribution is 7.89. The largest absolute Gasteiger partial charge is 0.493 e. The van der Waals surface area contributed by atoms with Crippen molar-refractivity contribution in [1.29, 1.82) is 0 Å². The van der Waals surface area contributed by atoms with Crippen LogP contribution in [-0.4, -0.2) is 64.8 Å². The number of nitrogens with one attached hydrogen (secondary N) is 2. The van der Waals surface area contributed by atoms with Crippen LogP contribution in [0.15, 0.2) is 23.2 Å². The SMILES string of the molecule is CCOc1cc(NC(=NC)NCCN2CCCS2(=O)=O)ccc1OC. The average molecular weight is 370 g/mol. The van der Waals surface area contributed by atoms with Crippen molar-refractivity contribution in [1.82, 2.24) is 9.62 Å². The van der Waals surface area contributed by atoms with Gasteiger partial charge in [0.2, 0.25) is 10.0 Å². The number of aliphatic imine (C=N–C) groups is 1. The van der Waals surface area contributed by atoms with Crippen LogP contribution in [0.5, 0.6) is 11.5 Å². The fraction of sp³-hybridized carbons (Fsp3) is 0.562. The number of sulfonamides is 1. The van der Waals surface area contributed by atoms with Gasteiger partial charge in [-0.2, -0.15) is 0 Å². The van der Waals surface area contributed by atoms with E-state index in [0.717, 1.165) is 5.69 Å². The Balaban J connectivity index is 1.92. The highest BCUT2D eigenvalue weighted by Gasteiger charge is 2.27. The molecule has 2 rings (SSSR count). The van der Waals surface area contributed by atoms with Crippen molar-refractivity contribution in [3.8, 4) is 11.5 Å². The van der Waals surface area contributed by atoms with Crippen LogP contribution in [0.4, 0.5) is 5.69 Å². The summed E-state index contributed by atoms with van der Waals surface area (Å²) >= 11 is 0. The summed E-state index contributed by atoms with van der Waals surface area (Å²) in [5.41, 5.74) is 0.797. The Hall–Kier alpha value is -2.00. The summed E-state index contributed by atoms with van der Waals surface area (Å²) in [5, 5.41) is 6.28. The molecule has 0 saturated carbocycles. The minimum Gasteiger partial charge on any atom is -0.493 e. The molecule has 1 heterocycles. The van der Waals surface area contributed by atoms with Crippen molar-refractivity contribution in [2.45, 2.75) is 13.3 Å². The van der Waals surface area contributed by atoms with Crippen LogP contribution >= 0.6 is 0 Å². The maximum Gasteiger partial charge on any atom is 0.214 e. The lowest BCUT2D eigenvalue weighted by molar-refractivity contribution is 0.311. The van der Waals surface area contributed by atoms with Crippen LogP contribution in [0.3, 0.4) is 0 Å². The topological polar surface area (TPSA) is 92.3 Å². The molecule has 0 bridgehead atoms. The number of methoxy groups -OCH3 is 1. The number of guanidine groups is 1. The first-order valence-electron chi connectivity index (χ1n) is 8.26. The summed E-state index contributed by atoms with van der Waals surface area (Å²) in [6.45, 7) is 3.94. The van der Waals surface area contributed by atoms with Crippen molar-refractivity contribution in [3.05, 3.63) is 18.2 Å². The molecule has 0 spiro atoms. The van der Waals surface area contributed by atoms with E-state index in [1.165, 1.54) is 4.31 Å². The van der Waals surface area contributed by atoms with Gasteiger partial charge in [-0.15, -0.1) is 0 Å². The maximum absolute atomic E-state index is 11.8. The Morgan fingerprint density at radius 3 is 2.76 bits per heavy atom. The van der Waals surface area contributed by atoms with Crippen LogP contribution in [0, 0.1) is 0 Å². The van der Waals surface area contributed by atoms with E-state index in [9.17, 15) is 8.42 Å². The second-order valence-corrected chi connectivity index (χ2v) is 7.58. The van der Waals surface area contributed by atoms with Crippen LogP contribution in [0.25, 0.3) is 0 Å². The van der Waals surface area contributed by atoms with E-state index in [4.69, 9.17) is 9.47 Å². The summed E-state index contributed by atoms with van der Waals surface area (Å²) in [6, 6.07) is 5.51. The van der Waals surface area contributed by atoms with Crippen LogP contribution in [0.1, 0.15) is 13.3 Å². The Kier molecular flexibility index (Phi) is 6.89. The molecule has 0 atom stereocenters. The second-order valence-electron chi connectivity index (χ2n) is 5.49. The standard InChI is InChI=1S/C16H26N4O4S/c1-4-24-15-12-13(6-7-14(15)23-3)19-16(17-2)18-8-10-20-9-5-11-25(20,21)22/h6-7,12H,4-5,8-11H2,1-3H3,(H2,17,18,19). The molecule has 1 fully saturated rings. The quantitative estimate of drug-likeness (QED) is 0.552. The molecule has 1 aliphatic heterocycles. The van der Waals surface area contributed by atoms with Crippen LogP contribution in [0.2, 0.25) is 0 Å². The summed E-state index contributed by atoms with van der Waals surface area (Å²) in [5.74, 6) is 2.11. The van der Waals surface area contributed by atoms with Crippen LogP contribution < -0.4 is 20.1 Å². The normalized spacial score (nSPS) is 17.3. The first-order chi connectivity index (χ1) is 12.0. The summed E-state index contributed by atoms with van der Waals surface area (Å²) < 4.78 is 35.9. The molecular formula is C16H26N4O4S. The molecule has 2 N–H and O–H groups in total. The number of hydrogen-bond donors (Lipinski definition) is 2. The molecule has 1 aromatic rings. The van der Waals surface area contributed by atoms with Gasteiger partial charge >= 0.3 is 0 Å². The number of nitrogens with zero attached hydrogens (tertiary/aromatic N) is 2. The van der Waals surface area contributed by atoms with E-state index in [0.29, 0.717) is 50.1 Å².